The summed E-state index contributed by atoms with van der Waals surface area (Å²) in [4.78, 5) is 11.0. The van der Waals surface area contributed by atoms with Crippen molar-refractivity contribution in [1.29, 1.82) is 0 Å². The van der Waals surface area contributed by atoms with E-state index in [1.165, 1.54) is 7.05 Å². The first-order chi connectivity index (χ1) is 6.09. The summed E-state index contributed by atoms with van der Waals surface area (Å²) in [5, 5.41) is 21.2. The van der Waals surface area contributed by atoms with E-state index in [9.17, 15) is 9.90 Å². The summed E-state index contributed by atoms with van der Waals surface area (Å²) in [5.74, 6) is 0. The fourth-order valence-corrected chi connectivity index (χ4v) is 1.49. The molecule has 0 heterocycles. The summed E-state index contributed by atoms with van der Waals surface area (Å²) in [6.45, 7) is 0. The van der Waals surface area contributed by atoms with Gasteiger partial charge >= 0.3 is 6.03 Å². The largest absolute Gasteiger partial charge is 0.393 e. The maximum Gasteiger partial charge on any atom is 0.341 e. The van der Waals surface area contributed by atoms with Crippen LogP contribution in [0.2, 0.25) is 0 Å². The fourth-order valence-electron chi connectivity index (χ4n) is 1.49. The number of carbonyl (C=O) groups is 1. The molecule has 5 heteroatoms. The molecule has 0 radical (unpaired) electrons. The highest BCUT2D eigenvalue weighted by atomic mass is 16.5. The van der Waals surface area contributed by atoms with E-state index in [1.807, 2.05) is 0 Å². The number of aliphatic hydroxyl groups excluding tert-OH is 1. The standard InChI is InChI=1S/C8H16N2O3/c1-10(13)8(12)9-6-2-4-7(11)5-3-6/h6-7,11,13H,2-5H2,1H3,(H,9,12). The number of amides is 2. The maximum atomic E-state index is 11.0. The lowest BCUT2D eigenvalue weighted by atomic mass is 9.93. The molecule has 0 aromatic rings. The van der Waals surface area contributed by atoms with Crippen LogP contribution in [-0.2, 0) is 0 Å². The van der Waals surface area contributed by atoms with Crippen LogP contribution < -0.4 is 5.32 Å². The van der Waals surface area contributed by atoms with Gasteiger partial charge in [0.2, 0.25) is 0 Å². The predicted molar refractivity (Wildman–Crippen MR) is 46.3 cm³/mol. The third kappa shape index (κ3) is 3.20. The van der Waals surface area contributed by atoms with Crippen molar-refractivity contribution in [3.8, 4) is 0 Å². The average molecular weight is 188 g/mol. The number of carbonyl (C=O) groups excluding carboxylic acids is 1. The van der Waals surface area contributed by atoms with Gasteiger partial charge in [-0.05, 0) is 25.7 Å². The number of nitrogens with one attached hydrogen (secondary N) is 1. The molecule has 0 saturated heterocycles. The van der Waals surface area contributed by atoms with E-state index < -0.39 is 6.03 Å². The molecule has 1 aliphatic carbocycles. The van der Waals surface area contributed by atoms with Crippen molar-refractivity contribution in [2.75, 3.05) is 7.05 Å². The van der Waals surface area contributed by atoms with E-state index in [0.29, 0.717) is 5.06 Å². The molecule has 0 bridgehead atoms. The summed E-state index contributed by atoms with van der Waals surface area (Å²) in [5.41, 5.74) is 0. The number of urea groups is 1. The molecule has 3 N–H and O–H groups in total. The van der Waals surface area contributed by atoms with Crippen LogP contribution in [0.3, 0.4) is 0 Å². The Hall–Kier alpha value is -0.810. The highest BCUT2D eigenvalue weighted by molar-refractivity contribution is 5.72. The molecule has 1 saturated carbocycles. The van der Waals surface area contributed by atoms with Crippen LogP contribution >= 0.6 is 0 Å². The Morgan fingerprint density at radius 3 is 2.38 bits per heavy atom. The van der Waals surface area contributed by atoms with Crippen molar-refractivity contribution in [2.45, 2.75) is 37.8 Å². The summed E-state index contributed by atoms with van der Waals surface area (Å²) >= 11 is 0. The molecule has 2 amide bonds. The van der Waals surface area contributed by atoms with Gasteiger partial charge in [0, 0.05) is 13.1 Å². The molecule has 1 rings (SSSR count). The zero-order chi connectivity index (χ0) is 9.84. The van der Waals surface area contributed by atoms with Crippen LogP contribution in [0.15, 0.2) is 0 Å². The van der Waals surface area contributed by atoms with Crippen molar-refractivity contribution in [2.24, 2.45) is 0 Å². The maximum absolute atomic E-state index is 11.0. The van der Waals surface area contributed by atoms with Crippen molar-refractivity contribution in [1.82, 2.24) is 10.4 Å². The summed E-state index contributed by atoms with van der Waals surface area (Å²) in [7, 11) is 1.28. The van der Waals surface area contributed by atoms with E-state index in [-0.39, 0.29) is 12.1 Å². The molecule has 0 aliphatic heterocycles. The van der Waals surface area contributed by atoms with Crippen LogP contribution in [0.1, 0.15) is 25.7 Å². The van der Waals surface area contributed by atoms with E-state index in [1.54, 1.807) is 0 Å². The van der Waals surface area contributed by atoms with Crippen molar-refractivity contribution in [3.05, 3.63) is 0 Å². The minimum absolute atomic E-state index is 0.0884. The Morgan fingerprint density at radius 1 is 1.38 bits per heavy atom. The highest BCUT2D eigenvalue weighted by Gasteiger charge is 2.21. The lowest BCUT2D eigenvalue weighted by molar-refractivity contribution is -0.0204. The average Bonchev–Trinajstić information content (AvgIpc) is 2.08. The van der Waals surface area contributed by atoms with Crippen molar-refractivity contribution >= 4 is 6.03 Å². The van der Waals surface area contributed by atoms with Crippen LogP contribution in [0, 0.1) is 0 Å². The normalized spacial score (nSPS) is 28.2. The molecular weight excluding hydrogens is 172 g/mol. The van der Waals surface area contributed by atoms with Gasteiger partial charge in [0.1, 0.15) is 0 Å². The Kier molecular flexibility index (Phi) is 3.50. The lowest BCUT2D eigenvalue weighted by Gasteiger charge is -2.26. The molecule has 76 valence electrons. The molecule has 0 aromatic carbocycles. The molecule has 0 unspecified atom stereocenters. The Labute approximate surface area is 77.3 Å². The molecule has 1 aliphatic rings. The fraction of sp³-hybridized carbons (Fsp3) is 0.875. The van der Waals surface area contributed by atoms with Gasteiger partial charge in [-0.25, -0.2) is 9.86 Å². The second kappa shape index (κ2) is 4.43. The molecule has 13 heavy (non-hydrogen) atoms. The van der Waals surface area contributed by atoms with Crippen LogP contribution in [0.4, 0.5) is 4.79 Å². The molecule has 0 spiro atoms. The van der Waals surface area contributed by atoms with Crippen LogP contribution in [0.25, 0.3) is 0 Å². The molecular formula is C8H16N2O3. The van der Waals surface area contributed by atoms with E-state index >= 15 is 0 Å². The smallest absolute Gasteiger partial charge is 0.341 e. The first kappa shape index (κ1) is 10.3. The van der Waals surface area contributed by atoms with Gasteiger partial charge in [-0.3, -0.25) is 5.21 Å². The third-order valence-electron chi connectivity index (χ3n) is 2.32. The van der Waals surface area contributed by atoms with E-state index in [0.717, 1.165) is 25.7 Å². The Bertz CT molecular complexity index is 176. The van der Waals surface area contributed by atoms with Crippen LogP contribution in [0.5, 0.6) is 0 Å². The SMILES string of the molecule is CN(O)C(=O)NC1CCC(O)CC1. The number of nitrogens with zero attached hydrogens (tertiary/aromatic N) is 1. The lowest BCUT2D eigenvalue weighted by Crippen LogP contribution is -2.43. The zero-order valence-electron chi connectivity index (χ0n) is 7.73. The molecule has 0 atom stereocenters. The van der Waals surface area contributed by atoms with E-state index in [4.69, 9.17) is 5.21 Å². The number of hydroxylamine groups is 2. The molecule has 5 nitrogen and oxygen atoms in total. The minimum Gasteiger partial charge on any atom is -0.393 e. The van der Waals surface area contributed by atoms with Gasteiger partial charge in [-0.2, -0.15) is 0 Å². The van der Waals surface area contributed by atoms with Gasteiger partial charge in [0.25, 0.3) is 0 Å². The Morgan fingerprint density at radius 2 is 1.92 bits per heavy atom. The number of aliphatic hydroxyl groups is 1. The van der Waals surface area contributed by atoms with Crippen molar-refractivity contribution in [3.63, 3.8) is 0 Å². The van der Waals surface area contributed by atoms with Gasteiger partial charge in [-0.1, -0.05) is 0 Å². The Balaban J connectivity index is 2.26. The zero-order valence-corrected chi connectivity index (χ0v) is 7.73. The monoisotopic (exact) mass is 188 g/mol. The highest BCUT2D eigenvalue weighted by Crippen LogP contribution is 2.18. The number of rotatable bonds is 1. The van der Waals surface area contributed by atoms with Gasteiger partial charge < -0.3 is 10.4 Å². The third-order valence-corrected chi connectivity index (χ3v) is 2.32. The summed E-state index contributed by atoms with van der Waals surface area (Å²) in [6.07, 6.45) is 2.78. The predicted octanol–water partition coefficient (Wildman–Crippen LogP) is 0.320. The molecule has 0 aromatic heterocycles. The second-order valence-corrected chi connectivity index (χ2v) is 3.48. The van der Waals surface area contributed by atoms with Gasteiger partial charge in [0.05, 0.1) is 6.10 Å². The van der Waals surface area contributed by atoms with E-state index in [2.05, 4.69) is 5.32 Å². The second-order valence-electron chi connectivity index (χ2n) is 3.48. The number of hydrogen-bond acceptors (Lipinski definition) is 3. The number of hydrogen-bond donors (Lipinski definition) is 3. The first-order valence-corrected chi connectivity index (χ1v) is 4.50. The summed E-state index contributed by atoms with van der Waals surface area (Å²) < 4.78 is 0. The van der Waals surface area contributed by atoms with Crippen molar-refractivity contribution < 1.29 is 15.1 Å². The van der Waals surface area contributed by atoms with Crippen LogP contribution in [-0.4, -0.2) is 40.6 Å². The molecule has 1 fully saturated rings. The van der Waals surface area contributed by atoms with Gasteiger partial charge in [-0.15, -0.1) is 0 Å². The van der Waals surface area contributed by atoms with Gasteiger partial charge in [0.15, 0.2) is 0 Å². The summed E-state index contributed by atoms with van der Waals surface area (Å²) in [6, 6.07) is -0.396. The topological polar surface area (TPSA) is 72.8 Å². The quantitative estimate of drug-likeness (QED) is 0.410. The first-order valence-electron chi connectivity index (χ1n) is 4.50. The minimum atomic E-state index is -0.485.